The minimum Gasteiger partial charge on any atom is -0.463 e. The molecule has 0 aromatic heterocycles. The summed E-state index contributed by atoms with van der Waals surface area (Å²) in [5.74, 6) is -0.378. The topological polar surface area (TPSA) is 319 Å². The molecule has 1 heterocycles. The summed E-state index contributed by atoms with van der Waals surface area (Å²) in [6, 6.07) is 0. The molecule has 0 saturated carbocycles. The smallest absolute Gasteiger partial charge is 0.305 e. The van der Waals surface area contributed by atoms with Crippen molar-refractivity contribution in [3.63, 3.8) is 0 Å². The summed E-state index contributed by atoms with van der Waals surface area (Å²) in [5, 5.41) is 92.9. The van der Waals surface area contributed by atoms with E-state index < -0.39 is 86.5 Å². The van der Waals surface area contributed by atoms with E-state index in [1.807, 2.05) is 21.1 Å². The molecule has 0 spiro atoms. The molecule has 12 unspecified atom stereocenters. The molecular formula is C71H142N2O23+2. The van der Waals surface area contributed by atoms with Crippen molar-refractivity contribution in [2.75, 3.05) is 200 Å². The van der Waals surface area contributed by atoms with E-state index >= 15 is 0 Å². The number of aliphatic hydroxyl groups is 9. The number of allylic oxidation sites excluding steroid dienone is 2. The average Bonchev–Trinajstić information content (AvgIpc) is 1.33. The average molecular weight is 1390 g/mol. The van der Waals surface area contributed by atoms with Crippen LogP contribution in [0.2, 0.25) is 0 Å². The Labute approximate surface area is 578 Å². The van der Waals surface area contributed by atoms with Gasteiger partial charge in [-0.1, -0.05) is 129 Å². The summed E-state index contributed by atoms with van der Waals surface area (Å²) in [5.41, 5.74) is 0. The zero-order valence-corrected chi connectivity index (χ0v) is 60.9. The van der Waals surface area contributed by atoms with E-state index in [-0.39, 0.29) is 145 Å². The van der Waals surface area contributed by atoms with Gasteiger partial charge in [0.1, 0.15) is 92.9 Å². The van der Waals surface area contributed by atoms with Gasteiger partial charge >= 0.3 is 5.97 Å². The number of hydrogen-bond donors (Lipinski definition) is 9. The molecule has 96 heavy (non-hydrogen) atoms. The van der Waals surface area contributed by atoms with Crippen LogP contribution in [0.25, 0.3) is 0 Å². The van der Waals surface area contributed by atoms with Crippen LogP contribution in [-0.2, 0) is 66.4 Å². The predicted molar refractivity (Wildman–Crippen MR) is 368 cm³/mol. The van der Waals surface area contributed by atoms with Gasteiger partial charge in [0.05, 0.1) is 181 Å². The Kier molecular flexibility index (Phi) is 59.5. The predicted octanol–water partition coefficient (Wildman–Crippen LogP) is 4.84. The van der Waals surface area contributed by atoms with E-state index in [0.717, 1.165) is 57.9 Å². The minimum absolute atomic E-state index is 0.00350. The lowest BCUT2D eigenvalue weighted by Crippen LogP contribution is -2.47. The van der Waals surface area contributed by atoms with Crippen LogP contribution in [0.1, 0.15) is 168 Å². The third-order valence-electron chi connectivity index (χ3n) is 16.0. The highest BCUT2D eigenvalue weighted by molar-refractivity contribution is 5.69. The summed E-state index contributed by atoms with van der Waals surface area (Å²) >= 11 is 0. The van der Waals surface area contributed by atoms with Crippen molar-refractivity contribution in [3.05, 3.63) is 12.2 Å². The lowest BCUT2D eigenvalue weighted by Gasteiger charge is -2.32. The highest BCUT2D eigenvalue weighted by Crippen LogP contribution is 2.16. The van der Waals surface area contributed by atoms with Crippen molar-refractivity contribution in [2.24, 2.45) is 0 Å². The fourth-order valence-corrected chi connectivity index (χ4v) is 10.8. The van der Waals surface area contributed by atoms with Crippen LogP contribution in [0.3, 0.4) is 0 Å². The van der Waals surface area contributed by atoms with E-state index in [1.165, 1.54) is 89.9 Å². The van der Waals surface area contributed by atoms with Crippen LogP contribution >= 0.6 is 0 Å². The van der Waals surface area contributed by atoms with E-state index in [0.29, 0.717) is 28.5 Å². The molecule has 25 nitrogen and oxygen atoms in total. The quantitative estimate of drug-likeness (QED) is 0.0170. The molecule has 0 aromatic rings. The summed E-state index contributed by atoms with van der Waals surface area (Å²) in [7, 11) is 10.1. The van der Waals surface area contributed by atoms with Crippen LogP contribution in [0, 0.1) is 0 Å². The molecule has 1 rings (SSSR count). The Hall–Kier alpha value is -1.71. The first-order valence-corrected chi connectivity index (χ1v) is 36.7. The van der Waals surface area contributed by atoms with Gasteiger partial charge in [-0.2, -0.15) is 0 Å². The second-order valence-electron chi connectivity index (χ2n) is 28.0. The van der Waals surface area contributed by atoms with Gasteiger partial charge < -0.3 is 117 Å². The highest BCUT2D eigenvalue weighted by Gasteiger charge is 2.27. The molecule has 1 saturated heterocycles. The molecule has 0 bridgehead atoms. The van der Waals surface area contributed by atoms with Crippen LogP contribution in [0.15, 0.2) is 12.2 Å². The summed E-state index contributed by atoms with van der Waals surface area (Å²) < 4.78 is 77.6. The number of ether oxygens (including phenoxy) is 13. The standard InChI is InChI=1S/C71H142N2O23/c1-8-10-12-14-16-18-20-21-22-23-24-25-27-29-31-33-71(83)94-58-65(38-75)92-47-64(82)46-87-50-67(93-48-63(81)45-84-41-60(78)36-73(6,7)34-32-30-28-26-19-17-15-13-11-9-2)51-90-56-70(53-88-44-62(80)43-85-42-61(79)37-74)96-69(52-86-40-59(77)35-72(3,4)5)57-91-55-68-54-89-49-66(39-76)95-68/h21-22,59-70,74-82H,8-20,23-58H2,1-7H3/q+2/b22-21-. The Balaban J connectivity index is 3.03. The van der Waals surface area contributed by atoms with Crippen LogP contribution in [0.5, 0.6) is 0 Å². The van der Waals surface area contributed by atoms with Gasteiger partial charge in [0.15, 0.2) is 0 Å². The molecule has 12 atom stereocenters. The molecule has 572 valence electrons. The number of unbranched alkanes of at least 4 members (excludes halogenated alkanes) is 20. The lowest BCUT2D eigenvalue weighted by atomic mass is 10.1. The number of carbonyl (C=O) groups is 1. The number of carbonyl (C=O) groups excluding carboxylic acids is 1. The Morgan fingerprint density at radius 1 is 0.427 bits per heavy atom. The number of likely N-dealkylation sites (N-methyl/N-ethyl adjacent to an activating group) is 2. The van der Waals surface area contributed by atoms with Crippen molar-refractivity contribution in [3.8, 4) is 0 Å². The second-order valence-corrected chi connectivity index (χ2v) is 28.0. The van der Waals surface area contributed by atoms with Crippen LogP contribution in [-0.4, -0.2) is 334 Å². The third kappa shape index (κ3) is 57.9. The van der Waals surface area contributed by atoms with Gasteiger partial charge in [-0.25, -0.2) is 0 Å². The first-order chi connectivity index (χ1) is 46.2. The minimum atomic E-state index is -1.16. The molecule has 1 fully saturated rings. The third-order valence-corrected chi connectivity index (χ3v) is 16.0. The molecular weight excluding hydrogens is 1250 g/mol. The Bertz CT molecular complexity index is 1740. The maximum atomic E-state index is 12.6. The second kappa shape index (κ2) is 61.9. The van der Waals surface area contributed by atoms with Gasteiger partial charge in [0, 0.05) is 6.42 Å². The van der Waals surface area contributed by atoms with Gasteiger partial charge in [0.2, 0.25) is 0 Å². The molecule has 0 radical (unpaired) electrons. The monoisotopic (exact) mass is 1390 g/mol. The van der Waals surface area contributed by atoms with Crippen LogP contribution in [0.4, 0.5) is 0 Å². The zero-order chi connectivity index (χ0) is 70.8. The summed E-state index contributed by atoms with van der Waals surface area (Å²) in [6.07, 6.45) is 22.1. The van der Waals surface area contributed by atoms with Gasteiger partial charge in [-0.3, -0.25) is 4.79 Å². The SMILES string of the molecule is CCCCCCCC/C=C\CCCCCCCC(=O)OCC(CO)OCC(O)COCC(COCC(COCC(O)COCC(O)CO)OC(COCC(O)C[N+](C)(C)C)COCC1COCC(CO)O1)OCC(O)COCC(O)C[N+](C)(C)CCCCCCCCCCCC. The van der Waals surface area contributed by atoms with Crippen molar-refractivity contribution in [2.45, 2.75) is 241 Å². The first kappa shape index (κ1) is 92.3. The number of hydrogen-bond acceptors (Lipinski definition) is 23. The van der Waals surface area contributed by atoms with Gasteiger partial charge in [-0.15, -0.1) is 0 Å². The van der Waals surface area contributed by atoms with E-state index in [4.69, 9.17) is 66.7 Å². The fourth-order valence-electron chi connectivity index (χ4n) is 10.8. The largest absolute Gasteiger partial charge is 0.463 e. The number of quaternary nitrogens is 2. The summed E-state index contributed by atoms with van der Waals surface area (Å²) in [6.45, 7) is 3.75. The molecule has 0 aromatic carbocycles. The number of esters is 1. The maximum Gasteiger partial charge on any atom is 0.305 e. The molecule has 1 aliphatic rings. The van der Waals surface area contributed by atoms with Gasteiger partial charge in [0.25, 0.3) is 0 Å². The van der Waals surface area contributed by atoms with Crippen molar-refractivity contribution in [1.82, 2.24) is 0 Å². The molecule has 0 aliphatic carbocycles. The van der Waals surface area contributed by atoms with Crippen molar-refractivity contribution >= 4 is 5.97 Å². The van der Waals surface area contributed by atoms with E-state index in [9.17, 15) is 45.6 Å². The van der Waals surface area contributed by atoms with Crippen molar-refractivity contribution in [1.29, 1.82) is 0 Å². The molecule has 1 aliphatic heterocycles. The zero-order valence-electron chi connectivity index (χ0n) is 60.9. The molecule has 9 N–H and O–H groups in total. The first-order valence-electron chi connectivity index (χ1n) is 36.7. The Morgan fingerprint density at radius 3 is 1.33 bits per heavy atom. The van der Waals surface area contributed by atoms with E-state index in [2.05, 4.69) is 40.1 Å². The van der Waals surface area contributed by atoms with E-state index in [1.54, 1.807) is 0 Å². The normalized spacial score (nSPS) is 18.1. The van der Waals surface area contributed by atoms with Crippen LogP contribution < -0.4 is 0 Å². The summed E-state index contributed by atoms with van der Waals surface area (Å²) in [4.78, 5) is 12.6. The number of nitrogens with zero attached hydrogens (tertiary/aromatic N) is 2. The van der Waals surface area contributed by atoms with Crippen molar-refractivity contribution < 1.29 is 121 Å². The number of aliphatic hydroxyl groups excluding tert-OH is 9. The molecule has 0 amide bonds. The van der Waals surface area contributed by atoms with Gasteiger partial charge in [-0.05, 0) is 44.9 Å². The lowest BCUT2D eigenvalue weighted by molar-refractivity contribution is -0.893. The Morgan fingerprint density at radius 2 is 0.833 bits per heavy atom. The fraction of sp³-hybridized carbons (Fsp3) is 0.958. The molecule has 25 heteroatoms. The highest BCUT2D eigenvalue weighted by atomic mass is 16.6. The maximum absolute atomic E-state index is 12.6. The number of rotatable bonds is 71.